The topological polar surface area (TPSA) is 67.1 Å². The minimum absolute atomic E-state index is 0. The lowest BCUT2D eigenvalue weighted by Crippen LogP contribution is -2.49. The van der Waals surface area contributed by atoms with Gasteiger partial charge in [-0.1, -0.05) is 42.8 Å². The van der Waals surface area contributed by atoms with Gasteiger partial charge in [0.2, 0.25) is 0 Å². The van der Waals surface area contributed by atoms with Gasteiger partial charge < -0.3 is 15.2 Å². The largest absolute Gasteiger partial charge is 0.355 e. The molecule has 146 valence electrons. The zero-order chi connectivity index (χ0) is 18.4. The molecule has 1 fully saturated rings. The summed E-state index contributed by atoms with van der Waals surface area (Å²) in [6, 6.07) is 10.8. The molecule has 1 heterocycles. The Morgan fingerprint density at radius 3 is 2.56 bits per heavy atom. The van der Waals surface area contributed by atoms with Gasteiger partial charge in [-0.25, -0.2) is 4.99 Å². The molecule has 1 aliphatic carbocycles. The molecular weight excluding hydrogens is 451 g/mol. The third-order valence-corrected chi connectivity index (χ3v) is 5.27. The number of benzene rings is 1. The van der Waals surface area contributed by atoms with Crippen molar-refractivity contribution in [2.45, 2.75) is 38.1 Å². The van der Waals surface area contributed by atoms with Crippen LogP contribution < -0.4 is 10.6 Å². The van der Waals surface area contributed by atoms with Gasteiger partial charge in [-0.05, 0) is 25.3 Å². The maximum Gasteiger partial charge on any atom is 0.191 e. The molecule has 1 aliphatic rings. The van der Waals surface area contributed by atoms with Crippen LogP contribution in [0.4, 0.5) is 0 Å². The van der Waals surface area contributed by atoms with E-state index in [-0.39, 0.29) is 29.4 Å². The predicted octanol–water partition coefficient (Wildman–Crippen LogP) is 3.08. The Hall–Kier alpha value is -1.90. The van der Waals surface area contributed by atoms with E-state index in [9.17, 15) is 0 Å². The Morgan fingerprint density at radius 1 is 1.26 bits per heavy atom. The first-order chi connectivity index (χ1) is 12.6. The zero-order valence-electron chi connectivity index (χ0n) is 16.1. The smallest absolute Gasteiger partial charge is 0.191 e. The van der Waals surface area contributed by atoms with Crippen molar-refractivity contribution in [1.29, 1.82) is 0 Å². The van der Waals surface area contributed by atoms with Crippen molar-refractivity contribution >= 4 is 29.9 Å². The van der Waals surface area contributed by atoms with Gasteiger partial charge in [-0.2, -0.15) is 0 Å². The summed E-state index contributed by atoms with van der Waals surface area (Å²) in [6.07, 6.45) is 5.53. The number of hydrogen-bond acceptors (Lipinski definition) is 3. The predicted molar refractivity (Wildman–Crippen MR) is 120 cm³/mol. The third kappa shape index (κ3) is 5.09. The van der Waals surface area contributed by atoms with E-state index in [1.54, 1.807) is 0 Å². The fourth-order valence-electron chi connectivity index (χ4n) is 3.30. The van der Waals surface area contributed by atoms with E-state index in [0.29, 0.717) is 13.1 Å². The molecule has 1 aromatic heterocycles. The van der Waals surface area contributed by atoms with Crippen LogP contribution >= 0.6 is 24.0 Å². The fraction of sp³-hybridized carbons (Fsp3) is 0.450. The molecule has 0 aliphatic heterocycles. The first-order valence-corrected chi connectivity index (χ1v) is 9.18. The van der Waals surface area contributed by atoms with Crippen molar-refractivity contribution in [2.24, 2.45) is 12.0 Å². The molecule has 0 amide bonds. The van der Waals surface area contributed by atoms with E-state index in [2.05, 4.69) is 62.7 Å². The average Bonchev–Trinajstić information content (AvgIpc) is 2.95. The van der Waals surface area contributed by atoms with Crippen LogP contribution in [0.5, 0.6) is 0 Å². The number of halogens is 1. The summed E-state index contributed by atoms with van der Waals surface area (Å²) in [5.41, 5.74) is 1.62. The van der Waals surface area contributed by atoms with E-state index < -0.39 is 0 Å². The molecule has 1 aromatic carbocycles. The van der Waals surface area contributed by atoms with Gasteiger partial charge >= 0.3 is 0 Å². The molecule has 7 heteroatoms. The Labute approximate surface area is 178 Å². The van der Waals surface area contributed by atoms with E-state index in [4.69, 9.17) is 0 Å². The highest BCUT2D eigenvalue weighted by atomic mass is 127. The van der Waals surface area contributed by atoms with Gasteiger partial charge in [0.1, 0.15) is 12.4 Å². The average molecular weight is 480 g/mol. The van der Waals surface area contributed by atoms with Crippen LogP contribution in [-0.2, 0) is 19.0 Å². The van der Waals surface area contributed by atoms with E-state index >= 15 is 0 Å². The molecule has 0 spiro atoms. The van der Waals surface area contributed by atoms with Crippen molar-refractivity contribution in [3.63, 3.8) is 0 Å². The fourth-order valence-corrected chi connectivity index (χ4v) is 3.30. The van der Waals surface area contributed by atoms with Crippen molar-refractivity contribution in [3.8, 4) is 0 Å². The molecular formula is C20H29IN6. The summed E-state index contributed by atoms with van der Waals surface area (Å²) in [5, 5.41) is 15.1. The van der Waals surface area contributed by atoms with E-state index in [0.717, 1.165) is 24.2 Å². The van der Waals surface area contributed by atoms with Gasteiger partial charge in [0, 0.05) is 25.6 Å². The summed E-state index contributed by atoms with van der Waals surface area (Å²) < 4.78 is 1.96. The van der Waals surface area contributed by atoms with Crippen LogP contribution in [0.25, 0.3) is 0 Å². The second-order valence-corrected chi connectivity index (χ2v) is 6.91. The number of hydrogen-bond donors (Lipinski definition) is 2. The highest BCUT2D eigenvalue weighted by molar-refractivity contribution is 14.0. The number of aromatic nitrogens is 3. The molecule has 0 radical (unpaired) electrons. The lowest BCUT2D eigenvalue weighted by Gasteiger charge is -2.43. The summed E-state index contributed by atoms with van der Waals surface area (Å²) >= 11 is 0. The second kappa shape index (κ2) is 9.87. The minimum Gasteiger partial charge on any atom is -0.355 e. The van der Waals surface area contributed by atoms with Crippen LogP contribution in [0.3, 0.4) is 0 Å². The highest BCUT2D eigenvalue weighted by Crippen LogP contribution is 2.43. The molecule has 1 saturated carbocycles. The van der Waals surface area contributed by atoms with Crippen molar-refractivity contribution in [1.82, 2.24) is 25.4 Å². The van der Waals surface area contributed by atoms with Crippen LogP contribution in [0.2, 0.25) is 0 Å². The Morgan fingerprint density at radius 2 is 2.00 bits per heavy atom. The number of aliphatic imine (C=N–C) groups is 1. The molecule has 6 nitrogen and oxygen atoms in total. The van der Waals surface area contributed by atoms with Crippen LogP contribution in [0.1, 0.15) is 36.5 Å². The second-order valence-electron chi connectivity index (χ2n) is 6.91. The Kier molecular flexibility index (Phi) is 7.82. The lowest BCUT2D eigenvalue weighted by atomic mass is 9.64. The Bertz CT molecular complexity index is 764. The Balaban J connectivity index is 0.00000261. The van der Waals surface area contributed by atoms with Gasteiger partial charge in [0.25, 0.3) is 0 Å². The number of guanidine groups is 1. The van der Waals surface area contributed by atoms with Crippen LogP contribution in [-0.4, -0.2) is 33.8 Å². The summed E-state index contributed by atoms with van der Waals surface area (Å²) in [5.74, 6) is 2.53. The lowest BCUT2D eigenvalue weighted by molar-refractivity contribution is 0.244. The summed E-state index contributed by atoms with van der Waals surface area (Å²) in [6.45, 7) is 7.75. The molecule has 2 aromatic rings. The summed E-state index contributed by atoms with van der Waals surface area (Å²) in [7, 11) is 1.96. The molecule has 0 atom stereocenters. The highest BCUT2D eigenvalue weighted by Gasteiger charge is 2.38. The molecule has 0 bridgehead atoms. The monoisotopic (exact) mass is 480 g/mol. The molecule has 0 saturated heterocycles. The zero-order valence-corrected chi connectivity index (χ0v) is 18.4. The number of nitrogens with one attached hydrogen (secondary N) is 2. The molecule has 3 rings (SSSR count). The van der Waals surface area contributed by atoms with Crippen molar-refractivity contribution < 1.29 is 0 Å². The van der Waals surface area contributed by atoms with Gasteiger partial charge in [0.05, 0.1) is 0 Å². The quantitative estimate of drug-likeness (QED) is 0.277. The number of nitrogens with zero attached hydrogens (tertiary/aromatic N) is 4. The third-order valence-electron chi connectivity index (χ3n) is 5.27. The molecule has 2 N–H and O–H groups in total. The van der Waals surface area contributed by atoms with Crippen LogP contribution in [0, 0.1) is 6.92 Å². The number of rotatable bonds is 7. The van der Waals surface area contributed by atoms with Gasteiger partial charge in [-0.3, -0.25) is 0 Å². The van der Waals surface area contributed by atoms with E-state index in [1.165, 1.54) is 24.8 Å². The van der Waals surface area contributed by atoms with Crippen LogP contribution in [0.15, 0.2) is 48.0 Å². The maximum absolute atomic E-state index is 4.68. The normalized spacial score (nSPS) is 15.4. The first-order valence-electron chi connectivity index (χ1n) is 9.18. The van der Waals surface area contributed by atoms with Gasteiger partial charge in [0.15, 0.2) is 11.8 Å². The SMILES string of the molecule is C=CCNC(=NCc1nnc(C)n1C)NCC1(c2ccccc2)CCC1.I. The number of aryl methyl sites for hydroxylation is 1. The van der Waals surface area contributed by atoms with Crippen molar-refractivity contribution in [3.05, 3.63) is 60.2 Å². The van der Waals surface area contributed by atoms with Gasteiger partial charge in [-0.15, -0.1) is 40.8 Å². The standard InChI is InChI=1S/C20H28N6.HI/c1-4-13-21-19(22-14-18-25-24-16(2)26(18)3)23-15-20(11-8-12-20)17-9-6-5-7-10-17;/h4-7,9-10H,1,8,11-15H2,2-3H3,(H2,21,22,23);1H. The minimum atomic E-state index is 0. The molecule has 27 heavy (non-hydrogen) atoms. The first kappa shape index (κ1) is 21.4. The van der Waals surface area contributed by atoms with Crippen molar-refractivity contribution in [2.75, 3.05) is 13.1 Å². The maximum atomic E-state index is 4.68. The summed E-state index contributed by atoms with van der Waals surface area (Å²) in [4.78, 5) is 4.68. The molecule has 0 unspecified atom stereocenters. The van der Waals surface area contributed by atoms with E-state index in [1.807, 2.05) is 24.6 Å².